The van der Waals surface area contributed by atoms with Gasteiger partial charge in [0.15, 0.2) is 17.5 Å². The summed E-state index contributed by atoms with van der Waals surface area (Å²) in [4.78, 5) is 0. The van der Waals surface area contributed by atoms with Gasteiger partial charge in [0.25, 0.3) is 0 Å². The summed E-state index contributed by atoms with van der Waals surface area (Å²) >= 11 is 0. The smallest absolute Gasteiger partial charge is 0.194 e. The van der Waals surface area contributed by atoms with Crippen molar-refractivity contribution in [2.24, 2.45) is 5.92 Å². The van der Waals surface area contributed by atoms with Crippen molar-refractivity contribution >= 4 is 0 Å². The largest absolute Gasteiger partial charge is 0.310 e. The minimum absolute atomic E-state index is 0.190. The molecule has 4 heteroatoms. The van der Waals surface area contributed by atoms with E-state index in [2.05, 4.69) is 5.32 Å². The van der Waals surface area contributed by atoms with E-state index in [1.54, 1.807) is 0 Å². The Labute approximate surface area is 99.0 Å². The van der Waals surface area contributed by atoms with Gasteiger partial charge in [-0.15, -0.1) is 0 Å². The first-order valence-electron chi connectivity index (χ1n) is 6.02. The van der Waals surface area contributed by atoms with E-state index in [-0.39, 0.29) is 11.6 Å². The molecule has 0 heterocycles. The van der Waals surface area contributed by atoms with Crippen LogP contribution in [0, 0.1) is 23.4 Å². The third-order valence-electron chi connectivity index (χ3n) is 3.11. The van der Waals surface area contributed by atoms with Crippen molar-refractivity contribution in [3.63, 3.8) is 0 Å². The van der Waals surface area contributed by atoms with Crippen LogP contribution in [0.4, 0.5) is 13.2 Å². The molecule has 0 radical (unpaired) electrons. The second-order valence-corrected chi connectivity index (χ2v) is 4.53. The van der Waals surface area contributed by atoms with Gasteiger partial charge in [0.05, 0.1) is 0 Å². The predicted octanol–water partition coefficient (Wildman–Crippen LogP) is 3.55. The van der Waals surface area contributed by atoms with E-state index in [9.17, 15) is 13.2 Å². The fourth-order valence-electron chi connectivity index (χ4n) is 2.04. The van der Waals surface area contributed by atoms with Crippen molar-refractivity contribution in [1.29, 1.82) is 0 Å². The maximum absolute atomic E-state index is 13.7. The number of hydrogen-bond donors (Lipinski definition) is 1. The Hall–Kier alpha value is -1.03. The van der Waals surface area contributed by atoms with E-state index in [0.717, 1.165) is 31.9 Å². The molecule has 0 saturated heterocycles. The van der Waals surface area contributed by atoms with Crippen LogP contribution in [0.2, 0.25) is 0 Å². The van der Waals surface area contributed by atoms with Crippen LogP contribution in [-0.4, -0.2) is 6.54 Å². The molecule has 0 spiro atoms. The lowest BCUT2D eigenvalue weighted by atomic mass is 10.0. The van der Waals surface area contributed by atoms with Crippen molar-refractivity contribution in [1.82, 2.24) is 5.32 Å². The Morgan fingerprint density at radius 1 is 1.24 bits per heavy atom. The Kier molecular flexibility index (Phi) is 3.72. The molecule has 1 unspecified atom stereocenters. The molecule has 0 aliphatic heterocycles. The van der Waals surface area contributed by atoms with Gasteiger partial charge in [-0.2, -0.15) is 0 Å². The normalized spacial score (nSPS) is 17.2. The van der Waals surface area contributed by atoms with Crippen LogP contribution in [0.3, 0.4) is 0 Å². The summed E-state index contributed by atoms with van der Waals surface area (Å²) in [6.07, 6.45) is 2.95. The number of hydrogen-bond acceptors (Lipinski definition) is 1. The predicted molar refractivity (Wildman–Crippen MR) is 60.1 cm³/mol. The van der Waals surface area contributed by atoms with Crippen LogP contribution in [0.5, 0.6) is 0 Å². The zero-order chi connectivity index (χ0) is 12.4. The fraction of sp³-hybridized carbons (Fsp3) is 0.538. The zero-order valence-corrected chi connectivity index (χ0v) is 9.77. The van der Waals surface area contributed by atoms with Crippen LogP contribution >= 0.6 is 0 Å². The second-order valence-electron chi connectivity index (χ2n) is 4.53. The molecule has 1 aliphatic rings. The van der Waals surface area contributed by atoms with Gasteiger partial charge >= 0.3 is 0 Å². The van der Waals surface area contributed by atoms with Crippen molar-refractivity contribution in [3.8, 4) is 0 Å². The SMILES string of the molecule is CCCNC(c1ccc(F)c(F)c1F)C1CC1. The highest BCUT2D eigenvalue weighted by Crippen LogP contribution is 2.42. The first-order chi connectivity index (χ1) is 8.15. The summed E-state index contributed by atoms with van der Waals surface area (Å²) in [6.45, 7) is 2.76. The molecule has 94 valence electrons. The summed E-state index contributed by atoms with van der Waals surface area (Å²) in [7, 11) is 0. The third kappa shape index (κ3) is 2.63. The Bertz CT molecular complexity index is 402. The lowest BCUT2D eigenvalue weighted by Gasteiger charge is -2.19. The van der Waals surface area contributed by atoms with Crippen LogP contribution < -0.4 is 5.32 Å². The standard InChI is InChI=1S/C13H16F3N/c1-2-7-17-13(8-3-4-8)9-5-6-10(14)12(16)11(9)15/h5-6,8,13,17H,2-4,7H2,1H3. The second kappa shape index (κ2) is 5.08. The van der Waals surface area contributed by atoms with E-state index >= 15 is 0 Å². The average Bonchev–Trinajstić information content (AvgIpc) is 3.13. The quantitative estimate of drug-likeness (QED) is 0.780. The molecule has 0 aromatic heterocycles. The highest BCUT2D eigenvalue weighted by molar-refractivity contribution is 5.25. The number of nitrogens with one attached hydrogen (secondary N) is 1. The monoisotopic (exact) mass is 243 g/mol. The third-order valence-corrected chi connectivity index (χ3v) is 3.11. The number of benzene rings is 1. The molecule has 1 nitrogen and oxygen atoms in total. The highest BCUT2D eigenvalue weighted by atomic mass is 19.2. The molecule has 1 aromatic rings. The molecule has 1 fully saturated rings. The topological polar surface area (TPSA) is 12.0 Å². The first kappa shape index (κ1) is 12.4. The van der Waals surface area contributed by atoms with Gasteiger partial charge in [0.1, 0.15) is 0 Å². The molecule has 17 heavy (non-hydrogen) atoms. The summed E-state index contributed by atoms with van der Waals surface area (Å²) in [5, 5.41) is 3.21. The molecular weight excluding hydrogens is 227 g/mol. The Balaban J connectivity index is 2.26. The van der Waals surface area contributed by atoms with Gasteiger partial charge in [0.2, 0.25) is 0 Å². The van der Waals surface area contributed by atoms with E-state index in [1.807, 2.05) is 6.92 Å². The van der Waals surface area contributed by atoms with Crippen LogP contribution in [0.1, 0.15) is 37.8 Å². The van der Waals surface area contributed by atoms with Crippen molar-refractivity contribution in [2.45, 2.75) is 32.2 Å². The Morgan fingerprint density at radius 3 is 2.53 bits per heavy atom. The molecule has 1 N–H and O–H groups in total. The minimum atomic E-state index is -1.37. The summed E-state index contributed by atoms with van der Waals surface area (Å²) in [5.74, 6) is -3.20. The van der Waals surface area contributed by atoms with Gasteiger partial charge < -0.3 is 5.32 Å². The van der Waals surface area contributed by atoms with Crippen LogP contribution in [-0.2, 0) is 0 Å². The van der Waals surface area contributed by atoms with E-state index in [0.29, 0.717) is 5.92 Å². The van der Waals surface area contributed by atoms with Crippen LogP contribution in [0.25, 0.3) is 0 Å². The molecule has 2 rings (SSSR count). The number of halogens is 3. The zero-order valence-electron chi connectivity index (χ0n) is 9.77. The highest BCUT2D eigenvalue weighted by Gasteiger charge is 2.34. The molecule has 1 atom stereocenters. The molecular formula is C13H16F3N. The van der Waals surface area contributed by atoms with E-state index in [1.165, 1.54) is 6.07 Å². The van der Waals surface area contributed by atoms with E-state index in [4.69, 9.17) is 0 Å². The fourth-order valence-corrected chi connectivity index (χ4v) is 2.04. The lowest BCUT2D eigenvalue weighted by molar-refractivity contribution is 0.410. The van der Waals surface area contributed by atoms with Crippen LogP contribution in [0.15, 0.2) is 12.1 Å². The first-order valence-corrected chi connectivity index (χ1v) is 6.02. The van der Waals surface area contributed by atoms with Gasteiger partial charge in [-0.1, -0.05) is 13.0 Å². The summed E-state index contributed by atoms with van der Waals surface area (Å²) in [5.41, 5.74) is 0.250. The number of rotatable bonds is 5. The minimum Gasteiger partial charge on any atom is -0.310 e. The average molecular weight is 243 g/mol. The Morgan fingerprint density at radius 2 is 1.94 bits per heavy atom. The van der Waals surface area contributed by atoms with Crippen molar-refractivity contribution in [2.75, 3.05) is 6.54 Å². The molecule has 1 aromatic carbocycles. The maximum atomic E-state index is 13.7. The van der Waals surface area contributed by atoms with Crippen molar-refractivity contribution in [3.05, 3.63) is 35.1 Å². The molecule has 0 bridgehead atoms. The van der Waals surface area contributed by atoms with Gasteiger partial charge in [-0.05, 0) is 37.8 Å². The van der Waals surface area contributed by atoms with Crippen molar-refractivity contribution < 1.29 is 13.2 Å². The molecule has 1 saturated carbocycles. The summed E-state index contributed by atoms with van der Waals surface area (Å²) in [6, 6.07) is 2.15. The van der Waals surface area contributed by atoms with Gasteiger partial charge in [0, 0.05) is 11.6 Å². The molecule has 0 amide bonds. The molecule has 1 aliphatic carbocycles. The van der Waals surface area contributed by atoms with E-state index < -0.39 is 17.5 Å². The summed E-state index contributed by atoms with van der Waals surface area (Å²) < 4.78 is 39.7. The lowest BCUT2D eigenvalue weighted by Crippen LogP contribution is -2.25. The maximum Gasteiger partial charge on any atom is 0.194 e. The van der Waals surface area contributed by atoms with Gasteiger partial charge in [-0.3, -0.25) is 0 Å². The van der Waals surface area contributed by atoms with Gasteiger partial charge in [-0.25, -0.2) is 13.2 Å².